The molecule has 0 bridgehead atoms. The van der Waals surface area contributed by atoms with Gasteiger partial charge in [-0.25, -0.2) is 0 Å². The molecular weight excluding hydrogens is 280 g/mol. The van der Waals surface area contributed by atoms with Gasteiger partial charge in [-0.05, 0) is 36.1 Å². The van der Waals surface area contributed by atoms with Crippen molar-refractivity contribution < 1.29 is 18.9 Å². The Balaban J connectivity index is 2.16. The second kappa shape index (κ2) is 7.59. The number of hydrogen-bond acceptors (Lipinski definition) is 4. The van der Waals surface area contributed by atoms with Crippen molar-refractivity contribution >= 4 is 0 Å². The molecule has 4 heteroatoms. The summed E-state index contributed by atoms with van der Waals surface area (Å²) in [5.74, 6) is 3.15. The van der Waals surface area contributed by atoms with Crippen LogP contribution >= 0.6 is 0 Å². The zero-order chi connectivity index (χ0) is 15.9. The van der Waals surface area contributed by atoms with Crippen LogP contribution in [0.3, 0.4) is 0 Å². The van der Waals surface area contributed by atoms with Crippen molar-refractivity contribution in [1.29, 1.82) is 0 Å². The van der Waals surface area contributed by atoms with Gasteiger partial charge < -0.3 is 18.9 Å². The van der Waals surface area contributed by atoms with Gasteiger partial charge in [0.2, 0.25) is 0 Å². The molecule has 0 atom stereocenters. The highest BCUT2D eigenvalue weighted by Crippen LogP contribution is 2.30. The lowest BCUT2D eigenvalue weighted by Gasteiger charge is -2.12. The average molecular weight is 301 g/mol. The molecule has 0 fully saturated rings. The van der Waals surface area contributed by atoms with Crippen LogP contribution < -0.4 is 18.9 Å². The third-order valence-electron chi connectivity index (χ3n) is 3.48. The Labute approximate surface area is 131 Å². The predicted octanol–water partition coefficient (Wildman–Crippen LogP) is 3.52. The van der Waals surface area contributed by atoms with E-state index in [1.54, 1.807) is 28.4 Å². The second-order valence-corrected chi connectivity index (χ2v) is 4.69. The first-order chi connectivity index (χ1) is 10.7. The molecular formula is C18H21O4. The summed E-state index contributed by atoms with van der Waals surface area (Å²) >= 11 is 0. The quantitative estimate of drug-likeness (QED) is 0.784. The maximum Gasteiger partial charge on any atom is 0.126 e. The van der Waals surface area contributed by atoms with Crippen LogP contribution in [0.1, 0.15) is 11.1 Å². The highest BCUT2D eigenvalue weighted by Gasteiger charge is 2.09. The van der Waals surface area contributed by atoms with Crippen LogP contribution in [0.15, 0.2) is 36.4 Å². The van der Waals surface area contributed by atoms with E-state index < -0.39 is 0 Å². The SMILES string of the molecule is COc1ccc([CH]Cc2ccc(OC)cc2OC)c(OC)c1. The molecule has 0 spiro atoms. The van der Waals surface area contributed by atoms with Crippen LogP contribution in [-0.2, 0) is 6.42 Å². The van der Waals surface area contributed by atoms with Gasteiger partial charge in [0.15, 0.2) is 0 Å². The predicted molar refractivity (Wildman–Crippen MR) is 86.2 cm³/mol. The van der Waals surface area contributed by atoms with E-state index in [-0.39, 0.29) is 0 Å². The van der Waals surface area contributed by atoms with E-state index in [4.69, 9.17) is 18.9 Å². The van der Waals surface area contributed by atoms with Crippen LogP contribution in [-0.4, -0.2) is 28.4 Å². The Morgan fingerprint density at radius 3 is 1.91 bits per heavy atom. The summed E-state index contributed by atoms with van der Waals surface area (Å²) in [6.45, 7) is 0. The van der Waals surface area contributed by atoms with E-state index in [9.17, 15) is 0 Å². The van der Waals surface area contributed by atoms with E-state index in [1.807, 2.05) is 36.4 Å². The fraction of sp³-hybridized carbons (Fsp3) is 0.278. The Morgan fingerprint density at radius 1 is 0.727 bits per heavy atom. The molecule has 4 nitrogen and oxygen atoms in total. The Morgan fingerprint density at radius 2 is 1.32 bits per heavy atom. The van der Waals surface area contributed by atoms with Crippen molar-refractivity contribution in [3.05, 3.63) is 53.9 Å². The number of benzene rings is 2. The number of methoxy groups -OCH3 is 4. The van der Waals surface area contributed by atoms with Gasteiger partial charge in [-0.15, -0.1) is 0 Å². The third-order valence-corrected chi connectivity index (χ3v) is 3.48. The van der Waals surface area contributed by atoms with Crippen molar-refractivity contribution in [2.45, 2.75) is 6.42 Å². The summed E-state index contributed by atoms with van der Waals surface area (Å²) in [7, 11) is 6.59. The summed E-state index contributed by atoms with van der Waals surface area (Å²) in [6.07, 6.45) is 2.83. The van der Waals surface area contributed by atoms with Gasteiger partial charge >= 0.3 is 0 Å². The molecule has 2 aromatic carbocycles. The molecule has 0 aliphatic rings. The molecule has 0 aromatic heterocycles. The van der Waals surface area contributed by atoms with Crippen LogP contribution in [0.4, 0.5) is 0 Å². The molecule has 0 saturated carbocycles. The minimum absolute atomic E-state index is 0.732. The van der Waals surface area contributed by atoms with Crippen molar-refractivity contribution in [2.75, 3.05) is 28.4 Å². The largest absolute Gasteiger partial charge is 0.497 e. The molecule has 2 aromatic rings. The molecule has 0 saturated heterocycles. The highest BCUT2D eigenvalue weighted by molar-refractivity contribution is 5.47. The summed E-state index contributed by atoms with van der Waals surface area (Å²) in [5.41, 5.74) is 2.10. The topological polar surface area (TPSA) is 36.9 Å². The van der Waals surface area contributed by atoms with E-state index in [0.717, 1.165) is 40.5 Å². The number of rotatable bonds is 7. The van der Waals surface area contributed by atoms with Gasteiger partial charge in [0, 0.05) is 12.1 Å². The number of ether oxygens (including phenoxy) is 4. The molecule has 1 radical (unpaired) electrons. The first kappa shape index (κ1) is 16.0. The summed E-state index contributed by atoms with van der Waals surface area (Å²) in [4.78, 5) is 0. The minimum Gasteiger partial charge on any atom is -0.497 e. The number of hydrogen-bond donors (Lipinski definition) is 0. The van der Waals surface area contributed by atoms with Crippen molar-refractivity contribution in [2.24, 2.45) is 0 Å². The van der Waals surface area contributed by atoms with Gasteiger partial charge in [-0.1, -0.05) is 12.1 Å². The van der Waals surface area contributed by atoms with Gasteiger partial charge in [0.1, 0.15) is 23.0 Å². The van der Waals surface area contributed by atoms with Crippen molar-refractivity contribution in [1.82, 2.24) is 0 Å². The average Bonchev–Trinajstić information content (AvgIpc) is 2.59. The van der Waals surface area contributed by atoms with Crippen molar-refractivity contribution in [3.8, 4) is 23.0 Å². The fourth-order valence-electron chi connectivity index (χ4n) is 2.23. The van der Waals surface area contributed by atoms with E-state index in [2.05, 4.69) is 6.42 Å². The Kier molecular flexibility index (Phi) is 5.53. The second-order valence-electron chi connectivity index (χ2n) is 4.69. The lowest BCUT2D eigenvalue weighted by molar-refractivity contribution is 0.390. The fourth-order valence-corrected chi connectivity index (χ4v) is 2.23. The van der Waals surface area contributed by atoms with Crippen LogP contribution in [0.2, 0.25) is 0 Å². The monoisotopic (exact) mass is 301 g/mol. The summed E-state index contributed by atoms with van der Waals surface area (Å²) < 4.78 is 21.2. The molecule has 0 aliphatic carbocycles. The highest BCUT2D eigenvalue weighted by atomic mass is 16.5. The molecule has 0 unspecified atom stereocenters. The smallest absolute Gasteiger partial charge is 0.126 e. The Hall–Kier alpha value is -2.36. The molecule has 2 rings (SSSR count). The lowest BCUT2D eigenvalue weighted by Crippen LogP contribution is -1.97. The molecule has 117 valence electrons. The van der Waals surface area contributed by atoms with Crippen LogP contribution in [0.25, 0.3) is 0 Å². The Bertz CT molecular complexity index is 567. The van der Waals surface area contributed by atoms with Gasteiger partial charge in [0.25, 0.3) is 0 Å². The third kappa shape index (κ3) is 3.64. The van der Waals surface area contributed by atoms with E-state index in [1.165, 1.54) is 0 Å². The first-order valence-corrected chi connectivity index (χ1v) is 6.98. The standard InChI is InChI=1S/C18H21O4/c1-19-15-9-7-13(17(11-15)21-3)5-6-14-8-10-16(20-2)12-18(14)22-4/h5,7-12H,6H2,1-4H3. The maximum atomic E-state index is 5.42. The van der Waals surface area contributed by atoms with Gasteiger partial charge in [-0.3, -0.25) is 0 Å². The zero-order valence-electron chi connectivity index (χ0n) is 13.4. The molecule has 0 aliphatic heterocycles. The van der Waals surface area contributed by atoms with E-state index >= 15 is 0 Å². The van der Waals surface area contributed by atoms with E-state index in [0.29, 0.717) is 0 Å². The maximum absolute atomic E-state index is 5.42. The molecule has 0 amide bonds. The normalized spacial score (nSPS) is 10.2. The molecule has 0 N–H and O–H groups in total. The summed E-state index contributed by atoms with van der Waals surface area (Å²) in [5, 5.41) is 0. The lowest BCUT2D eigenvalue weighted by atomic mass is 10.0. The van der Waals surface area contributed by atoms with Gasteiger partial charge in [0.05, 0.1) is 28.4 Å². The van der Waals surface area contributed by atoms with Crippen LogP contribution in [0, 0.1) is 6.42 Å². The summed E-state index contributed by atoms with van der Waals surface area (Å²) in [6, 6.07) is 11.6. The first-order valence-electron chi connectivity index (χ1n) is 6.98. The van der Waals surface area contributed by atoms with Crippen LogP contribution in [0.5, 0.6) is 23.0 Å². The molecule has 0 heterocycles. The van der Waals surface area contributed by atoms with Crippen molar-refractivity contribution in [3.63, 3.8) is 0 Å². The minimum atomic E-state index is 0.732. The van der Waals surface area contributed by atoms with Gasteiger partial charge in [-0.2, -0.15) is 0 Å². The molecule has 22 heavy (non-hydrogen) atoms. The zero-order valence-corrected chi connectivity index (χ0v) is 13.4.